The summed E-state index contributed by atoms with van der Waals surface area (Å²) in [5.74, 6) is 0. The second kappa shape index (κ2) is 6.66. The molecule has 1 nitrogen and oxygen atoms in total. The Kier molecular flexibility index (Phi) is 5.50. The highest BCUT2D eigenvalue weighted by Crippen LogP contribution is 2.23. The van der Waals surface area contributed by atoms with Gasteiger partial charge in [-0.05, 0) is 23.7 Å². The van der Waals surface area contributed by atoms with Crippen LogP contribution in [0.1, 0.15) is 19.4 Å². The summed E-state index contributed by atoms with van der Waals surface area (Å²) in [6, 6.07) is 13.8. The van der Waals surface area contributed by atoms with Crippen molar-refractivity contribution in [3.63, 3.8) is 0 Å². The van der Waals surface area contributed by atoms with Crippen LogP contribution in [0.4, 0.5) is 0 Å². The largest absolute Gasteiger partial charge is 0.412 e. The Morgan fingerprint density at radius 1 is 1.19 bits per heavy atom. The number of benzene rings is 1. The summed E-state index contributed by atoms with van der Waals surface area (Å²) >= 11 is 0. The molecule has 2 heteroatoms. The number of rotatable bonds is 7. The van der Waals surface area contributed by atoms with Crippen molar-refractivity contribution < 1.29 is 4.43 Å². The quantitative estimate of drug-likeness (QED) is 0.503. The third-order valence-electron chi connectivity index (χ3n) is 3.19. The monoisotopic (exact) mass is 234 g/mol. The summed E-state index contributed by atoms with van der Waals surface area (Å²) in [5.41, 5.74) is 1.27. The molecule has 0 saturated heterocycles. The minimum Gasteiger partial charge on any atom is -0.412 e. The Morgan fingerprint density at radius 2 is 1.81 bits per heavy atom. The molecule has 0 saturated carbocycles. The van der Waals surface area contributed by atoms with Gasteiger partial charge in [0.15, 0.2) is 8.32 Å². The molecule has 0 spiro atoms. The zero-order chi connectivity index (χ0) is 11.9. The second-order valence-corrected chi connectivity index (χ2v) is 8.63. The van der Waals surface area contributed by atoms with E-state index in [2.05, 4.69) is 44.7 Å². The molecular weight excluding hydrogens is 212 g/mol. The first-order valence-electron chi connectivity index (χ1n) is 6.05. The van der Waals surface area contributed by atoms with Crippen LogP contribution in [-0.4, -0.2) is 8.32 Å². The standard InChI is InChI=1S/C14H22OSi/c1-4-12-16(5-2,6-3)15-13-14-10-8-7-9-11-14/h4,7-11H,1,5-6,12-13H2,2-3H3. The van der Waals surface area contributed by atoms with E-state index >= 15 is 0 Å². The van der Waals surface area contributed by atoms with Gasteiger partial charge in [0.1, 0.15) is 0 Å². The highest BCUT2D eigenvalue weighted by atomic mass is 28.4. The van der Waals surface area contributed by atoms with Gasteiger partial charge in [-0.1, -0.05) is 50.3 Å². The van der Waals surface area contributed by atoms with Gasteiger partial charge in [-0.25, -0.2) is 0 Å². The maximum atomic E-state index is 6.22. The molecule has 0 heterocycles. The smallest absolute Gasteiger partial charge is 0.196 e. The molecule has 0 N–H and O–H groups in total. The van der Waals surface area contributed by atoms with E-state index in [0.717, 1.165) is 12.7 Å². The van der Waals surface area contributed by atoms with Crippen LogP contribution in [0.25, 0.3) is 0 Å². The summed E-state index contributed by atoms with van der Waals surface area (Å²) in [7, 11) is -1.54. The highest BCUT2D eigenvalue weighted by Gasteiger charge is 2.29. The van der Waals surface area contributed by atoms with Gasteiger partial charge in [0.25, 0.3) is 0 Å². The molecule has 0 amide bonds. The molecule has 1 rings (SSSR count). The van der Waals surface area contributed by atoms with E-state index in [1.807, 2.05) is 12.1 Å². The van der Waals surface area contributed by atoms with Crippen LogP contribution in [-0.2, 0) is 11.0 Å². The average Bonchev–Trinajstić information content (AvgIpc) is 2.36. The molecule has 0 unspecified atom stereocenters. The van der Waals surface area contributed by atoms with Gasteiger partial charge in [0, 0.05) is 0 Å². The molecule has 0 aliphatic rings. The molecule has 0 fully saturated rings. The van der Waals surface area contributed by atoms with Crippen LogP contribution in [0.3, 0.4) is 0 Å². The van der Waals surface area contributed by atoms with E-state index in [0.29, 0.717) is 0 Å². The van der Waals surface area contributed by atoms with Crippen molar-refractivity contribution in [3.05, 3.63) is 48.6 Å². The van der Waals surface area contributed by atoms with Crippen molar-refractivity contribution >= 4 is 8.32 Å². The Bertz CT molecular complexity index is 304. The van der Waals surface area contributed by atoms with Crippen molar-refractivity contribution in [1.82, 2.24) is 0 Å². The highest BCUT2D eigenvalue weighted by molar-refractivity contribution is 6.74. The molecule has 88 valence electrons. The first-order valence-corrected chi connectivity index (χ1v) is 8.58. The summed E-state index contributed by atoms with van der Waals surface area (Å²) in [4.78, 5) is 0. The third kappa shape index (κ3) is 3.61. The predicted molar refractivity (Wildman–Crippen MR) is 73.0 cm³/mol. The number of hydrogen-bond acceptors (Lipinski definition) is 1. The van der Waals surface area contributed by atoms with Gasteiger partial charge in [0.05, 0.1) is 6.61 Å². The molecule has 0 aliphatic carbocycles. The maximum Gasteiger partial charge on any atom is 0.196 e. The van der Waals surface area contributed by atoms with E-state index < -0.39 is 8.32 Å². The van der Waals surface area contributed by atoms with Crippen molar-refractivity contribution in [2.75, 3.05) is 0 Å². The molecule has 1 aromatic carbocycles. The van der Waals surface area contributed by atoms with Crippen LogP contribution in [0.15, 0.2) is 43.0 Å². The van der Waals surface area contributed by atoms with E-state index in [-0.39, 0.29) is 0 Å². The SMILES string of the molecule is C=CC[Si](CC)(CC)OCc1ccccc1. The molecule has 16 heavy (non-hydrogen) atoms. The van der Waals surface area contributed by atoms with Crippen molar-refractivity contribution in [1.29, 1.82) is 0 Å². The summed E-state index contributed by atoms with van der Waals surface area (Å²) in [5, 5.41) is 0. The molecule has 0 radical (unpaired) electrons. The van der Waals surface area contributed by atoms with E-state index in [1.54, 1.807) is 0 Å². The number of hydrogen-bond donors (Lipinski definition) is 0. The Hall–Kier alpha value is -0.863. The van der Waals surface area contributed by atoms with E-state index in [4.69, 9.17) is 4.43 Å². The zero-order valence-electron chi connectivity index (χ0n) is 10.4. The van der Waals surface area contributed by atoms with Crippen LogP contribution in [0.5, 0.6) is 0 Å². The maximum absolute atomic E-state index is 6.22. The van der Waals surface area contributed by atoms with Gasteiger partial charge in [0.2, 0.25) is 0 Å². The molecule has 0 atom stereocenters. The summed E-state index contributed by atoms with van der Waals surface area (Å²) in [6.45, 7) is 9.08. The van der Waals surface area contributed by atoms with Gasteiger partial charge in [-0.15, -0.1) is 6.58 Å². The van der Waals surface area contributed by atoms with Crippen LogP contribution in [0, 0.1) is 0 Å². The molecule has 0 aromatic heterocycles. The number of allylic oxidation sites excluding steroid dienone is 1. The average molecular weight is 234 g/mol. The Balaban J connectivity index is 2.59. The van der Waals surface area contributed by atoms with Gasteiger partial charge >= 0.3 is 0 Å². The lowest BCUT2D eigenvalue weighted by atomic mass is 10.2. The normalized spacial score (nSPS) is 11.4. The molecule has 0 aliphatic heterocycles. The summed E-state index contributed by atoms with van der Waals surface area (Å²) in [6.07, 6.45) is 2.02. The van der Waals surface area contributed by atoms with Crippen molar-refractivity contribution in [2.45, 2.75) is 38.6 Å². The Labute approximate surface area is 100 Å². The fourth-order valence-corrected chi connectivity index (χ4v) is 4.48. The summed E-state index contributed by atoms with van der Waals surface area (Å²) < 4.78 is 6.22. The zero-order valence-corrected chi connectivity index (χ0v) is 11.4. The van der Waals surface area contributed by atoms with Crippen LogP contribution >= 0.6 is 0 Å². The molecule has 1 aromatic rings. The second-order valence-electron chi connectivity index (χ2n) is 4.16. The fraction of sp³-hybridized carbons (Fsp3) is 0.429. The third-order valence-corrected chi connectivity index (χ3v) is 7.56. The van der Waals surface area contributed by atoms with Crippen molar-refractivity contribution in [2.24, 2.45) is 0 Å². The van der Waals surface area contributed by atoms with Gasteiger partial charge < -0.3 is 4.43 Å². The minimum absolute atomic E-state index is 0.753. The first-order chi connectivity index (χ1) is 7.76. The molecule has 0 bridgehead atoms. The minimum atomic E-state index is -1.54. The van der Waals surface area contributed by atoms with Gasteiger partial charge in [-0.2, -0.15) is 0 Å². The van der Waals surface area contributed by atoms with E-state index in [1.165, 1.54) is 17.7 Å². The lowest BCUT2D eigenvalue weighted by Gasteiger charge is -2.28. The van der Waals surface area contributed by atoms with Crippen LogP contribution < -0.4 is 0 Å². The van der Waals surface area contributed by atoms with Gasteiger partial charge in [-0.3, -0.25) is 0 Å². The van der Waals surface area contributed by atoms with E-state index in [9.17, 15) is 0 Å². The topological polar surface area (TPSA) is 9.23 Å². The Morgan fingerprint density at radius 3 is 2.31 bits per heavy atom. The first kappa shape index (κ1) is 13.2. The van der Waals surface area contributed by atoms with Crippen molar-refractivity contribution in [3.8, 4) is 0 Å². The molecular formula is C14H22OSi. The lowest BCUT2D eigenvalue weighted by Crippen LogP contribution is -2.35. The van der Waals surface area contributed by atoms with Crippen LogP contribution in [0.2, 0.25) is 18.1 Å². The predicted octanol–water partition coefficient (Wildman–Crippen LogP) is 4.37. The lowest BCUT2D eigenvalue weighted by molar-refractivity contribution is 0.289. The fourth-order valence-electron chi connectivity index (χ4n) is 1.88.